The van der Waals surface area contributed by atoms with Crippen LogP contribution in [-0.4, -0.2) is 61.6 Å². The molecule has 11 heavy (non-hydrogen) atoms. The van der Waals surface area contributed by atoms with Gasteiger partial charge in [0.25, 0.3) is 0 Å². The minimum Gasteiger partial charge on any atom is -0.394 e. The van der Waals surface area contributed by atoms with Crippen molar-refractivity contribution in [1.29, 1.82) is 0 Å². The first kappa shape index (κ1) is 10.8. The van der Waals surface area contributed by atoms with Crippen molar-refractivity contribution < 1.29 is 10.2 Å². The molecule has 4 nitrogen and oxygen atoms in total. The first-order chi connectivity index (χ1) is 5.16. The van der Waals surface area contributed by atoms with Gasteiger partial charge in [0.1, 0.15) is 0 Å². The van der Waals surface area contributed by atoms with Gasteiger partial charge in [-0.2, -0.15) is 0 Å². The van der Waals surface area contributed by atoms with E-state index in [-0.39, 0.29) is 6.61 Å². The van der Waals surface area contributed by atoms with Crippen LogP contribution >= 0.6 is 0 Å². The lowest BCUT2D eigenvalue weighted by molar-refractivity contribution is 0.0942. The fourth-order valence-electron chi connectivity index (χ4n) is 0.636. The van der Waals surface area contributed by atoms with Gasteiger partial charge in [-0.25, -0.2) is 0 Å². The van der Waals surface area contributed by atoms with Crippen LogP contribution in [0.25, 0.3) is 0 Å². The van der Waals surface area contributed by atoms with Crippen molar-refractivity contribution in [3.63, 3.8) is 0 Å². The third-order valence-corrected chi connectivity index (χ3v) is 1.33. The van der Waals surface area contributed by atoms with Gasteiger partial charge in [-0.15, -0.1) is 0 Å². The molecule has 0 aromatic rings. The van der Waals surface area contributed by atoms with Gasteiger partial charge in [-0.3, -0.25) is 0 Å². The van der Waals surface area contributed by atoms with Gasteiger partial charge in [0.05, 0.1) is 12.7 Å². The molecule has 68 valence electrons. The minimum atomic E-state index is -0.628. The topological polar surface area (TPSA) is 55.7 Å². The molecule has 0 aromatic heterocycles. The molecule has 0 aliphatic rings. The molecule has 0 aromatic carbocycles. The Balaban J connectivity index is 3.01. The van der Waals surface area contributed by atoms with Crippen LogP contribution in [-0.2, 0) is 0 Å². The van der Waals surface area contributed by atoms with E-state index in [9.17, 15) is 0 Å². The van der Waals surface area contributed by atoms with Gasteiger partial charge in [0.2, 0.25) is 0 Å². The molecule has 0 amide bonds. The van der Waals surface area contributed by atoms with Crippen LogP contribution in [0.15, 0.2) is 0 Å². The third-order valence-electron chi connectivity index (χ3n) is 1.33. The van der Waals surface area contributed by atoms with Crippen LogP contribution in [0.4, 0.5) is 0 Å². The van der Waals surface area contributed by atoms with E-state index in [1.54, 1.807) is 0 Å². The van der Waals surface area contributed by atoms with Crippen molar-refractivity contribution in [1.82, 2.24) is 10.2 Å². The van der Waals surface area contributed by atoms with Crippen LogP contribution in [0.1, 0.15) is 0 Å². The van der Waals surface area contributed by atoms with Crippen LogP contribution in [0, 0.1) is 0 Å². The van der Waals surface area contributed by atoms with Crippen LogP contribution in [0.5, 0.6) is 0 Å². The van der Waals surface area contributed by atoms with Gasteiger partial charge < -0.3 is 20.4 Å². The number of hydrogen-bond acceptors (Lipinski definition) is 4. The number of aliphatic hydroxyl groups is 2. The lowest BCUT2D eigenvalue weighted by atomic mass is 10.4. The molecule has 0 rings (SSSR count). The first-order valence-corrected chi connectivity index (χ1v) is 3.81. The zero-order valence-corrected chi connectivity index (χ0v) is 7.25. The van der Waals surface area contributed by atoms with E-state index in [4.69, 9.17) is 10.2 Å². The number of likely N-dealkylation sites (N-methyl/N-ethyl adjacent to an activating group) is 1. The Labute approximate surface area is 67.8 Å². The second-order valence-corrected chi connectivity index (χ2v) is 2.84. The second kappa shape index (κ2) is 6.54. The molecule has 0 saturated heterocycles. The fourth-order valence-corrected chi connectivity index (χ4v) is 0.636. The van der Waals surface area contributed by atoms with Crippen molar-refractivity contribution in [2.24, 2.45) is 0 Å². The Hall–Kier alpha value is -0.160. The Morgan fingerprint density at radius 1 is 1.45 bits per heavy atom. The van der Waals surface area contributed by atoms with Gasteiger partial charge in [0, 0.05) is 19.6 Å². The highest BCUT2D eigenvalue weighted by molar-refractivity contribution is 4.57. The number of aliphatic hydroxyl groups excluding tert-OH is 2. The number of rotatable bonds is 6. The van der Waals surface area contributed by atoms with Crippen molar-refractivity contribution in [3.05, 3.63) is 0 Å². The number of hydrogen-bond donors (Lipinski definition) is 3. The van der Waals surface area contributed by atoms with E-state index in [2.05, 4.69) is 10.2 Å². The maximum absolute atomic E-state index is 8.90. The van der Waals surface area contributed by atoms with Crippen LogP contribution in [0.3, 0.4) is 0 Å². The summed E-state index contributed by atoms with van der Waals surface area (Å²) in [5, 5.41) is 20.4. The van der Waals surface area contributed by atoms with E-state index >= 15 is 0 Å². The summed E-state index contributed by atoms with van der Waals surface area (Å²) in [4.78, 5) is 2.05. The van der Waals surface area contributed by atoms with E-state index in [0.717, 1.165) is 13.1 Å². The summed E-state index contributed by atoms with van der Waals surface area (Å²) >= 11 is 0. The average molecular weight is 162 g/mol. The molecule has 0 aliphatic heterocycles. The highest BCUT2D eigenvalue weighted by atomic mass is 16.3. The summed E-state index contributed by atoms with van der Waals surface area (Å²) in [5.41, 5.74) is 0. The lowest BCUT2D eigenvalue weighted by Crippen LogP contribution is -2.33. The summed E-state index contributed by atoms with van der Waals surface area (Å²) in [5.74, 6) is 0. The maximum atomic E-state index is 8.90. The van der Waals surface area contributed by atoms with Gasteiger partial charge >= 0.3 is 0 Å². The zero-order chi connectivity index (χ0) is 8.69. The largest absolute Gasteiger partial charge is 0.394 e. The summed E-state index contributed by atoms with van der Waals surface area (Å²) in [6.45, 7) is 2.07. The van der Waals surface area contributed by atoms with Gasteiger partial charge in [-0.1, -0.05) is 0 Å². The van der Waals surface area contributed by atoms with Crippen molar-refractivity contribution >= 4 is 0 Å². The monoisotopic (exact) mass is 162 g/mol. The minimum absolute atomic E-state index is 0.172. The summed E-state index contributed by atoms with van der Waals surface area (Å²) in [7, 11) is 3.98. The van der Waals surface area contributed by atoms with E-state index in [1.807, 2.05) is 14.1 Å². The SMILES string of the molecule is CN(C)CCNCC(O)CO. The third kappa shape index (κ3) is 7.74. The Kier molecular flexibility index (Phi) is 6.45. The molecular weight excluding hydrogens is 144 g/mol. The first-order valence-electron chi connectivity index (χ1n) is 3.81. The molecule has 4 heteroatoms. The highest BCUT2D eigenvalue weighted by Crippen LogP contribution is 1.76. The summed E-state index contributed by atoms with van der Waals surface area (Å²) in [6, 6.07) is 0. The Morgan fingerprint density at radius 3 is 2.55 bits per heavy atom. The van der Waals surface area contributed by atoms with E-state index in [0.29, 0.717) is 6.54 Å². The molecular formula is C7H18N2O2. The predicted octanol–water partition coefficient (Wildman–Crippen LogP) is -1.51. The molecule has 0 aliphatic carbocycles. The van der Waals surface area contributed by atoms with Crippen molar-refractivity contribution in [2.45, 2.75) is 6.10 Å². The number of nitrogens with zero attached hydrogens (tertiary/aromatic N) is 1. The molecule has 0 heterocycles. The van der Waals surface area contributed by atoms with Crippen molar-refractivity contribution in [3.8, 4) is 0 Å². The molecule has 0 radical (unpaired) electrons. The summed E-state index contributed by atoms with van der Waals surface area (Å²) < 4.78 is 0. The molecule has 1 unspecified atom stereocenters. The molecule has 1 atom stereocenters. The van der Waals surface area contributed by atoms with Gasteiger partial charge in [0.15, 0.2) is 0 Å². The maximum Gasteiger partial charge on any atom is 0.0894 e. The molecule has 0 spiro atoms. The van der Waals surface area contributed by atoms with E-state index in [1.165, 1.54) is 0 Å². The Morgan fingerprint density at radius 2 is 2.09 bits per heavy atom. The smallest absolute Gasteiger partial charge is 0.0894 e. The molecule has 0 bridgehead atoms. The quantitative estimate of drug-likeness (QED) is 0.416. The van der Waals surface area contributed by atoms with Crippen LogP contribution < -0.4 is 5.32 Å². The highest BCUT2D eigenvalue weighted by Gasteiger charge is 1.99. The predicted molar refractivity (Wildman–Crippen MR) is 44.5 cm³/mol. The Bertz CT molecular complexity index is 88.5. The molecule has 0 fully saturated rings. The van der Waals surface area contributed by atoms with Gasteiger partial charge in [-0.05, 0) is 14.1 Å². The standard InChI is InChI=1S/C7H18N2O2/c1-9(2)4-3-8-5-7(11)6-10/h7-8,10-11H,3-6H2,1-2H3. The second-order valence-electron chi connectivity index (χ2n) is 2.84. The molecule has 0 saturated carbocycles. The average Bonchev–Trinajstić information content (AvgIpc) is 1.97. The fraction of sp³-hybridized carbons (Fsp3) is 1.00. The zero-order valence-electron chi connectivity index (χ0n) is 7.25. The number of nitrogens with one attached hydrogen (secondary N) is 1. The lowest BCUT2D eigenvalue weighted by Gasteiger charge is -2.11. The molecule has 3 N–H and O–H groups in total. The normalized spacial score (nSPS) is 13.9. The van der Waals surface area contributed by atoms with Crippen LogP contribution in [0.2, 0.25) is 0 Å². The van der Waals surface area contributed by atoms with E-state index < -0.39 is 6.10 Å². The summed E-state index contributed by atoms with van der Waals surface area (Å²) in [6.07, 6.45) is -0.628. The van der Waals surface area contributed by atoms with Crippen molar-refractivity contribution in [2.75, 3.05) is 40.3 Å².